The number of hydrogen-bond donors (Lipinski definition) is 2. The maximum absolute atomic E-state index is 11.2. The summed E-state index contributed by atoms with van der Waals surface area (Å²) < 4.78 is 5.15. The van der Waals surface area contributed by atoms with Crippen LogP contribution in [0.3, 0.4) is 0 Å². The highest BCUT2D eigenvalue weighted by molar-refractivity contribution is 5.85. The van der Waals surface area contributed by atoms with Crippen molar-refractivity contribution in [1.82, 2.24) is 5.32 Å². The smallest absolute Gasteiger partial charge is 0.410 e. The molecule has 0 aliphatic carbocycles. The van der Waals surface area contributed by atoms with Crippen molar-refractivity contribution < 1.29 is 9.53 Å². The first kappa shape index (κ1) is 15.7. The first-order valence-electron chi connectivity index (χ1n) is 5.14. The van der Waals surface area contributed by atoms with Crippen LogP contribution in [0.25, 0.3) is 0 Å². The summed E-state index contributed by atoms with van der Waals surface area (Å²) in [5.41, 5.74) is 7.38. The summed E-state index contributed by atoms with van der Waals surface area (Å²) in [5.74, 6) is 0.498. The molecule has 96 valence electrons. The van der Waals surface area contributed by atoms with Crippen molar-refractivity contribution in [2.24, 2.45) is 5.73 Å². The van der Waals surface area contributed by atoms with Crippen LogP contribution < -0.4 is 15.8 Å². The molecule has 0 aromatic heterocycles. The molecule has 4 nitrogen and oxygen atoms in total. The minimum absolute atomic E-state index is 0. The molecule has 1 aromatic rings. The van der Waals surface area contributed by atoms with Gasteiger partial charge in [-0.2, -0.15) is 0 Å². The Morgan fingerprint density at radius 1 is 1.41 bits per heavy atom. The van der Waals surface area contributed by atoms with Crippen molar-refractivity contribution in [3.8, 4) is 5.75 Å². The molecule has 0 saturated heterocycles. The first-order chi connectivity index (χ1) is 7.34. The van der Waals surface area contributed by atoms with E-state index in [1.54, 1.807) is 6.07 Å². The lowest BCUT2D eigenvalue weighted by Crippen LogP contribution is -2.31. The summed E-state index contributed by atoms with van der Waals surface area (Å²) in [6.45, 7) is 5.72. The lowest BCUT2D eigenvalue weighted by molar-refractivity contribution is 0.202. The summed E-state index contributed by atoms with van der Waals surface area (Å²) in [6.07, 6.45) is -0.491. The molecule has 17 heavy (non-hydrogen) atoms. The van der Waals surface area contributed by atoms with Gasteiger partial charge in [0, 0.05) is 18.2 Å². The van der Waals surface area contributed by atoms with Crippen molar-refractivity contribution >= 4 is 18.5 Å². The number of aryl methyl sites for hydroxylation is 1. The summed E-state index contributed by atoms with van der Waals surface area (Å²) in [4.78, 5) is 11.2. The SMILES string of the molecule is CNC(=O)Oc1ccc(C)cc1C(C)(C)N.Cl. The molecule has 3 N–H and O–H groups in total. The van der Waals surface area contributed by atoms with E-state index in [9.17, 15) is 4.79 Å². The third kappa shape index (κ3) is 4.24. The fourth-order valence-electron chi connectivity index (χ4n) is 1.39. The molecular formula is C12H19ClN2O2. The Bertz CT molecular complexity index is 400. The van der Waals surface area contributed by atoms with E-state index >= 15 is 0 Å². The van der Waals surface area contributed by atoms with Gasteiger partial charge in [0.1, 0.15) is 5.75 Å². The van der Waals surface area contributed by atoms with Crippen LogP contribution in [-0.4, -0.2) is 13.1 Å². The number of amides is 1. The maximum Gasteiger partial charge on any atom is 0.412 e. The summed E-state index contributed by atoms with van der Waals surface area (Å²) in [7, 11) is 1.52. The van der Waals surface area contributed by atoms with Gasteiger partial charge in [-0.05, 0) is 26.8 Å². The van der Waals surface area contributed by atoms with Gasteiger partial charge in [-0.1, -0.05) is 17.7 Å². The van der Waals surface area contributed by atoms with Crippen LogP contribution in [-0.2, 0) is 5.54 Å². The van der Waals surface area contributed by atoms with Gasteiger partial charge >= 0.3 is 6.09 Å². The van der Waals surface area contributed by atoms with E-state index in [-0.39, 0.29) is 12.4 Å². The third-order valence-electron chi connectivity index (χ3n) is 2.24. The van der Waals surface area contributed by atoms with Crippen LogP contribution in [0, 0.1) is 6.92 Å². The van der Waals surface area contributed by atoms with E-state index in [4.69, 9.17) is 10.5 Å². The molecule has 0 heterocycles. The van der Waals surface area contributed by atoms with Crippen molar-refractivity contribution in [2.75, 3.05) is 7.05 Å². The number of benzene rings is 1. The number of carbonyl (C=O) groups is 1. The molecule has 5 heteroatoms. The molecule has 0 aliphatic rings. The van der Waals surface area contributed by atoms with Crippen molar-refractivity contribution in [3.63, 3.8) is 0 Å². The fourth-order valence-corrected chi connectivity index (χ4v) is 1.39. The first-order valence-corrected chi connectivity index (χ1v) is 5.14. The zero-order valence-electron chi connectivity index (χ0n) is 10.5. The quantitative estimate of drug-likeness (QED) is 0.856. The van der Waals surface area contributed by atoms with Crippen LogP contribution in [0.2, 0.25) is 0 Å². The highest BCUT2D eigenvalue weighted by Gasteiger charge is 2.20. The predicted octanol–water partition coefficient (Wildman–Crippen LogP) is 2.33. The van der Waals surface area contributed by atoms with E-state index in [0.717, 1.165) is 11.1 Å². The van der Waals surface area contributed by atoms with E-state index in [1.807, 2.05) is 32.9 Å². The van der Waals surface area contributed by atoms with Crippen LogP contribution in [0.15, 0.2) is 18.2 Å². The molecular weight excluding hydrogens is 240 g/mol. The topological polar surface area (TPSA) is 64.3 Å². The fraction of sp³-hybridized carbons (Fsp3) is 0.417. The third-order valence-corrected chi connectivity index (χ3v) is 2.24. The van der Waals surface area contributed by atoms with Crippen molar-refractivity contribution in [1.29, 1.82) is 0 Å². The van der Waals surface area contributed by atoms with Gasteiger partial charge < -0.3 is 15.8 Å². The van der Waals surface area contributed by atoms with Gasteiger partial charge in [0.05, 0.1) is 0 Å². The summed E-state index contributed by atoms with van der Waals surface area (Å²) in [5, 5.41) is 2.40. The van der Waals surface area contributed by atoms with E-state index < -0.39 is 11.6 Å². The zero-order chi connectivity index (χ0) is 12.3. The molecule has 0 spiro atoms. The van der Waals surface area contributed by atoms with Gasteiger partial charge in [0.25, 0.3) is 0 Å². The standard InChI is InChI=1S/C12H18N2O2.ClH/c1-8-5-6-10(16-11(15)14-4)9(7-8)12(2,3)13;/h5-7H,13H2,1-4H3,(H,14,15);1H. The molecule has 1 rings (SSSR count). The number of nitrogens with one attached hydrogen (secondary N) is 1. The number of hydrogen-bond acceptors (Lipinski definition) is 3. The molecule has 0 aliphatic heterocycles. The van der Waals surface area contributed by atoms with E-state index in [0.29, 0.717) is 5.75 Å². The minimum Gasteiger partial charge on any atom is -0.410 e. The average Bonchev–Trinajstić information content (AvgIpc) is 2.19. The van der Waals surface area contributed by atoms with Gasteiger partial charge in [-0.15, -0.1) is 12.4 Å². The highest BCUT2D eigenvalue weighted by Crippen LogP contribution is 2.28. The largest absolute Gasteiger partial charge is 0.412 e. The van der Waals surface area contributed by atoms with Crippen LogP contribution >= 0.6 is 12.4 Å². The Balaban J connectivity index is 0.00000256. The Hall–Kier alpha value is -1.26. The van der Waals surface area contributed by atoms with Gasteiger partial charge in [-0.3, -0.25) is 0 Å². The number of carbonyl (C=O) groups excluding carboxylic acids is 1. The number of halogens is 1. The highest BCUT2D eigenvalue weighted by atomic mass is 35.5. The molecule has 1 amide bonds. The lowest BCUT2D eigenvalue weighted by Gasteiger charge is -2.22. The van der Waals surface area contributed by atoms with Crippen LogP contribution in [0.4, 0.5) is 4.79 Å². The molecule has 0 radical (unpaired) electrons. The average molecular weight is 259 g/mol. The molecule has 0 fully saturated rings. The van der Waals surface area contributed by atoms with Gasteiger partial charge in [0.2, 0.25) is 0 Å². The second kappa shape index (κ2) is 5.89. The van der Waals surface area contributed by atoms with Crippen molar-refractivity contribution in [3.05, 3.63) is 29.3 Å². The molecule has 0 bridgehead atoms. The Labute approximate surface area is 108 Å². The zero-order valence-corrected chi connectivity index (χ0v) is 11.4. The molecule has 0 unspecified atom stereocenters. The molecule has 0 atom stereocenters. The summed E-state index contributed by atoms with van der Waals surface area (Å²) >= 11 is 0. The van der Waals surface area contributed by atoms with Crippen LogP contribution in [0.1, 0.15) is 25.0 Å². The second-order valence-corrected chi connectivity index (χ2v) is 4.36. The van der Waals surface area contributed by atoms with Crippen LogP contribution in [0.5, 0.6) is 5.75 Å². The minimum atomic E-state index is -0.546. The van der Waals surface area contributed by atoms with E-state index in [1.165, 1.54) is 7.05 Å². The normalized spacial score (nSPS) is 10.4. The molecule has 0 saturated carbocycles. The Kier molecular flexibility index (Phi) is 5.45. The Morgan fingerprint density at radius 2 is 2.00 bits per heavy atom. The maximum atomic E-state index is 11.2. The second-order valence-electron chi connectivity index (χ2n) is 4.36. The number of nitrogens with two attached hydrogens (primary N) is 1. The number of ether oxygens (including phenoxy) is 1. The number of rotatable bonds is 2. The predicted molar refractivity (Wildman–Crippen MR) is 70.7 cm³/mol. The lowest BCUT2D eigenvalue weighted by atomic mass is 9.93. The van der Waals surface area contributed by atoms with Gasteiger partial charge in [0.15, 0.2) is 0 Å². The van der Waals surface area contributed by atoms with E-state index in [2.05, 4.69) is 5.32 Å². The Morgan fingerprint density at radius 3 is 2.47 bits per heavy atom. The monoisotopic (exact) mass is 258 g/mol. The van der Waals surface area contributed by atoms with Gasteiger partial charge in [-0.25, -0.2) is 4.79 Å². The molecule has 1 aromatic carbocycles. The summed E-state index contributed by atoms with van der Waals surface area (Å²) in [6, 6.07) is 5.57. The van der Waals surface area contributed by atoms with Crippen molar-refractivity contribution in [2.45, 2.75) is 26.3 Å².